The molecule has 0 aliphatic heterocycles. The summed E-state index contributed by atoms with van der Waals surface area (Å²) in [6, 6.07) is 0. The van der Waals surface area contributed by atoms with Gasteiger partial charge in [0.25, 0.3) is 0 Å². The van der Waals surface area contributed by atoms with Gasteiger partial charge in [0.15, 0.2) is 0 Å². The molecule has 0 nitrogen and oxygen atoms in total. The predicted octanol–water partition coefficient (Wildman–Crippen LogP) is -1.23. The van der Waals surface area contributed by atoms with E-state index in [-0.39, 0.29) is 32.8 Å². The van der Waals surface area contributed by atoms with Crippen LogP contribution in [0.1, 0.15) is 26.2 Å². The average molecular weight is 223 g/mol. The zero-order chi connectivity index (χ0) is 4.83. The van der Waals surface area contributed by atoms with Gasteiger partial charge in [-0.2, -0.15) is 0 Å². The van der Waals surface area contributed by atoms with Gasteiger partial charge in [0.2, 0.25) is 0 Å². The molecule has 51 valence electrons. The Balaban J connectivity index is -0.000000125. The molecule has 0 heterocycles. The Morgan fingerprint density at radius 3 is 2.12 bits per heavy atom. The molecule has 0 fully saturated rings. The molecule has 0 unspecified atom stereocenters. The summed E-state index contributed by atoms with van der Waals surface area (Å²) in [6.07, 6.45) is 9.57. The molecule has 2 heteroatoms. The van der Waals surface area contributed by atoms with E-state index in [1.165, 1.54) is 6.42 Å². The molecule has 0 saturated carbocycles. The minimum atomic E-state index is 0. The minimum Gasteiger partial charge on any atom is -1.00 e. The van der Waals surface area contributed by atoms with Crippen LogP contribution in [0.2, 0.25) is 0 Å². The van der Waals surface area contributed by atoms with Crippen LogP contribution in [0.5, 0.6) is 0 Å². The number of rotatable bonds is 2. The Bertz CT molecular complexity index is 56.0. The first-order valence-electron chi connectivity index (χ1n) is 2.31. The fourth-order valence-corrected chi connectivity index (χ4v) is 0.265. The van der Waals surface area contributed by atoms with Crippen LogP contribution in [-0.4, -0.2) is 0 Å². The molecule has 8 heavy (non-hydrogen) atoms. The Hall–Kier alpha value is 0.512. The molecule has 0 aromatic carbocycles. The molecule has 0 bridgehead atoms. The van der Waals surface area contributed by atoms with Crippen molar-refractivity contribution in [2.45, 2.75) is 26.2 Å². The van der Waals surface area contributed by atoms with E-state index in [1.54, 1.807) is 0 Å². The number of unbranched alkanes of at least 4 members (excludes halogenated alkanes) is 2. The maximum atomic E-state index is 6.46. The van der Waals surface area contributed by atoms with Crippen molar-refractivity contribution in [2.75, 3.05) is 0 Å². The minimum absolute atomic E-state index is 0. The van der Waals surface area contributed by atoms with E-state index in [9.17, 15) is 0 Å². The fourth-order valence-electron chi connectivity index (χ4n) is 0.265. The molecule has 0 aromatic rings. The third kappa shape index (κ3) is 16.0. The largest absolute Gasteiger partial charge is 1.00 e. The van der Waals surface area contributed by atoms with E-state index in [1.807, 2.05) is 0 Å². The zero-order valence-electron chi connectivity index (χ0n) is 4.82. The first kappa shape index (κ1) is 15.8. The third-order valence-corrected chi connectivity index (χ3v) is 0.655. The first-order valence-corrected chi connectivity index (χ1v) is 2.31. The van der Waals surface area contributed by atoms with Gasteiger partial charge in [-0.3, -0.25) is 0 Å². The maximum absolute atomic E-state index is 6.46. The topological polar surface area (TPSA) is 0 Å². The summed E-state index contributed by atoms with van der Waals surface area (Å²) in [5, 5.41) is 0. The number of halogens is 1. The Morgan fingerprint density at radius 1 is 1.50 bits per heavy atom. The monoisotopic (exact) mass is 222 g/mol. The van der Waals surface area contributed by atoms with Gasteiger partial charge in [-0.25, -0.2) is 0 Å². The van der Waals surface area contributed by atoms with Crippen LogP contribution < -0.4 is 12.4 Å². The number of hydrogen-bond acceptors (Lipinski definition) is 0. The smallest absolute Gasteiger partial charge is 0.00988 e. The van der Waals surface area contributed by atoms with Crippen molar-refractivity contribution in [3.05, 3.63) is 6.42 Å². The summed E-state index contributed by atoms with van der Waals surface area (Å²) in [4.78, 5) is 0. The standard InChI is InChI=1S/C6H9.ClH.Pd/c1-3-5-6-4-2;;/h3,5-6H2,1H3;1H;/p-1. The molecular formula is C6H9ClPd-. The van der Waals surface area contributed by atoms with E-state index in [0.29, 0.717) is 0 Å². The third-order valence-electron chi connectivity index (χ3n) is 0.655. The molecule has 0 amide bonds. The Labute approximate surface area is 71.5 Å². The van der Waals surface area contributed by atoms with E-state index >= 15 is 0 Å². The van der Waals surface area contributed by atoms with Crippen LogP contribution in [0.4, 0.5) is 0 Å². The van der Waals surface area contributed by atoms with Crippen molar-refractivity contribution in [3.8, 4) is 5.92 Å². The van der Waals surface area contributed by atoms with Crippen LogP contribution in [0, 0.1) is 12.3 Å². The summed E-state index contributed by atoms with van der Waals surface area (Å²) < 4.78 is 0. The van der Waals surface area contributed by atoms with Crippen LogP contribution in [0.15, 0.2) is 0 Å². The van der Waals surface area contributed by atoms with Gasteiger partial charge in [0.1, 0.15) is 0 Å². The second-order valence-corrected chi connectivity index (χ2v) is 1.28. The van der Waals surface area contributed by atoms with E-state index in [0.717, 1.165) is 12.8 Å². The molecule has 0 atom stereocenters. The molecule has 0 spiro atoms. The molecule has 0 aliphatic carbocycles. The van der Waals surface area contributed by atoms with E-state index < -0.39 is 0 Å². The van der Waals surface area contributed by atoms with Crippen LogP contribution in [-0.2, 0) is 20.4 Å². The Kier molecular flexibility index (Phi) is 30.9. The van der Waals surface area contributed by atoms with Gasteiger partial charge >= 0.3 is 0 Å². The fraction of sp³-hybridized carbons (Fsp3) is 0.667. The van der Waals surface area contributed by atoms with Gasteiger partial charge in [-0.05, 0) is 12.8 Å². The summed E-state index contributed by atoms with van der Waals surface area (Å²) in [5.74, 6) is 2.32. The van der Waals surface area contributed by atoms with Crippen LogP contribution >= 0.6 is 0 Å². The van der Waals surface area contributed by atoms with Gasteiger partial charge in [0.05, 0.1) is 0 Å². The summed E-state index contributed by atoms with van der Waals surface area (Å²) in [7, 11) is 0. The van der Waals surface area contributed by atoms with Gasteiger partial charge in [0, 0.05) is 26.8 Å². The molecule has 0 aromatic heterocycles. The normalized spacial score (nSPS) is 5.50. The predicted molar refractivity (Wildman–Crippen MR) is 26.7 cm³/mol. The van der Waals surface area contributed by atoms with Crippen molar-refractivity contribution in [1.29, 1.82) is 0 Å². The van der Waals surface area contributed by atoms with E-state index in [2.05, 4.69) is 12.8 Å². The second kappa shape index (κ2) is 15.6. The van der Waals surface area contributed by atoms with Gasteiger partial charge in [-0.15, -0.1) is 0 Å². The van der Waals surface area contributed by atoms with Crippen molar-refractivity contribution >= 4 is 0 Å². The summed E-state index contributed by atoms with van der Waals surface area (Å²) >= 11 is 0. The first-order chi connectivity index (χ1) is 2.91. The quantitative estimate of drug-likeness (QED) is 0.312. The zero-order valence-corrected chi connectivity index (χ0v) is 7.13. The van der Waals surface area contributed by atoms with Gasteiger partial charge < -0.3 is 12.4 Å². The van der Waals surface area contributed by atoms with Crippen molar-refractivity contribution in [2.24, 2.45) is 0 Å². The SMILES string of the molecule is [C]#CCCCC.[Cl-].[Pd]. The summed E-state index contributed by atoms with van der Waals surface area (Å²) in [6.45, 7) is 2.11. The van der Waals surface area contributed by atoms with Gasteiger partial charge in [-0.1, -0.05) is 19.3 Å². The Morgan fingerprint density at radius 2 is 2.00 bits per heavy atom. The molecule has 0 N–H and O–H groups in total. The van der Waals surface area contributed by atoms with Crippen LogP contribution in [0.25, 0.3) is 0 Å². The average Bonchev–Trinajstić information content (AvgIpc) is 1.61. The molecule has 0 rings (SSSR count). The molecule has 1 radical (unpaired) electrons. The molecule has 0 aliphatic rings. The van der Waals surface area contributed by atoms with Crippen LogP contribution in [0.3, 0.4) is 0 Å². The van der Waals surface area contributed by atoms with Crippen molar-refractivity contribution < 1.29 is 32.8 Å². The maximum Gasteiger partial charge on any atom is 0.00988 e. The number of hydrogen-bond donors (Lipinski definition) is 0. The summed E-state index contributed by atoms with van der Waals surface area (Å²) in [5.41, 5.74) is 0. The molecule has 0 saturated heterocycles. The molecular weight excluding hydrogens is 214 g/mol. The van der Waals surface area contributed by atoms with Crippen molar-refractivity contribution in [1.82, 2.24) is 0 Å². The van der Waals surface area contributed by atoms with Crippen molar-refractivity contribution in [3.63, 3.8) is 0 Å². The second-order valence-electron chi connectivity index (χ2n) is 1.28. The van der Waals surface area contributed by atoms with E-state index in [4.69, 9.17) is 6.42 Å².